The Morgan fingerprint density at radius 3 is 2.31 bits per heavy atom. The van der Waals surface area contributed by atoms with Gasteiger partial charge in [-0.25, -0.2) is 15.1 Å². The highest BCUT2D eigenvalue weighted by Crippen LogP contribution is 2.31. The van der Waals surface area contributed by atoms with Crippen molar-refractivity contribution in [2.75, 3.05) is 56.2 Å². The molecule has 0 bridgehead atoms. The molecule has 0 radical (unpaired) electrons. The van der Waals surface area contributed by atoms with Crippen LogP contribution in [0.1, 0.15) is 11.1 Å². The zero-order valence-corrected chi connectivity index (χ0v) is 18.4. The molecule has 1 aliphatic rings. The number of aromatic amines is 1. The van der Waals surface area contributed by atoms with Crippen molar-refractivity contribution in [3.8, 4) is 0 Å². The Hall–Kier alpha value is -3.47. The molecule has 2 aromatic rings. The molecule has 3 heterocycles. The molecule has 36 heavy (non-hydrogen) atoms. The second-order valence-corrected chi connectivity index (χ2v) is 7.58. The Labute approximate surface area is 199 Å². The van der Waals surface area contributed by atoms with Crippen LogP contribution in [0.2, 0.25) is 0 Å². The van der Waals surface area contributed by atoms with Gasteiger partial charge in [0.05, 0.1) is 30.7 Å². The molecular formula is C19H21F6N7O4. The lowest BCUT2D eigenvalue weighted by Gasteiger charge is -2.35. The van der Waals surface area contributed by atoms with Gasteiger partial charge in [-0.1, -0.05) is 0 Å². The molecule has 0 aromatic carbocycles. The summed E-state index contributed by atoms with van der Waals surface area (Å²) in [5.74, 6) is -0.565. The van der Waals surface area contributed by atoms with E-state index in [9.17, 15) is 41.0 Å². The Morgan fingerprint density at radius 2 is 1.72 bits per heavy atom. The molecule has 11 nitrogen and oxygen atoms in total. The summed E-state index contributed by atoms with van der Waals surface area (Å²) in [4.78, 5) is 34.2. The number of carbonyl (C=O) groups excluding carboxylic acids is 1. The summed E-state index contributed by atoms with van der Waals surface area (Å²) in [6.07, 6.45) is -8.84. The lowest BCUT2D eigenvalue weighted by molar-refractivity contribution is -0.143. The van der Waals surface area contributed by atoms with Crippen molar-refractivity contribution in [3.63, 3.8) is 0 Å². The van der Waals surface area contributed by atoms with Crippen molar-refractivity contribution in [2.45, 2.75) is 18.5 Å². The van der Waals surface area contributed by atoms with E-state index in [0.717, 1.165) is 6.20 Å². The van der Waals surface area contributed by atoms with Crippen LogP contribution in [0.5, 0.6) is 0 Å². The number of carbonyl (C=O) groups is 1. The number of aliphatic hydroxyl groups is 1. The van der Waals surface area contributed by atoms with Crippen molar-refractivity contribution in [1.82, 2.24) is 25.1 Å². The fraction of sp³-hybridized carbons (Fsp3) is 0.526. The van der Waals surface area contributed by atoms with Crippen LogP contribution in [-0.4, -0.2) is 88.1 Å². The Bertz CT molecular complexity index is 1090. The summed E-state index contributed by atoms with van der Waals surface area (Å²) in [7, 11) is 0. The van der Waals surface area contributed by atoms with Gasteiger partial charge in [0, 0.05) is 45.1 Å². The highest BCUT2D eigenvalue weighted by atomic mass is 19.4. The molecule has 0 saturated carbocycles. The van der Waals surface area contributed by atoms with E-state index in [1.54, 1.807) is 10.00 Å². The first kappa shape index (κ1) is 27.1. The number of hydrogen-bond acceptors (Lipinski definition) is 9. The van der Waals surface area contributed by atoms with Crippen molar-refractivity contribution >= 4 is 17.5 Å². The summed E-state index contributed by atoms with van der Waals surface area (Å²) < 4.78 is 82.0. The predicted molar refractivity (Wildman–Crippen MR) is 111 cm³/mol. The molecule has 17 heteroatoms. The maximum Gasteiger partial charge on any atom is 0.423 e. The van der Waals surface area contributed by atoms with Gasteiger partial charge < -0.3 is 25.0 Å². The Balaban J connectivity index is 1.41. The SMILES string of the molecule is O=C(C(O)COCCNc1cn[nH]c(=O)c1C(F)(F)F)N1CCN(c2ncc(C(F)(F)F)cn2)CC1. The third-order valence-electron chi connectivity index (χ3n) is 5.10. The molecule has 1 atom stereocenters. The minimum Gasteiger partial charge on any atom is -0.381 e. The smallest absolute Gasteiger partial charge is 0.381 e. The maximum absolute atomic E-state index is 13.0. The number of rotatable bonds is 8. The van der Waals surface area contributed by atoms with Crippen molar-refractivity contribution in [1.29, 1.82) is 0 Å². The molecule has 3 N–H and O–H groups in total. The molecular weight excluding hydrogens is 504 g/mol. The number of piperazine rings is 1. The zero-order chi connectivity index (χ0) is 26.5. The number of hydrogen-bond donors (Lipinski definition) is 3. The van der Waals surface area contributed by atoms with E-state index < -0.39 is 53.3 Å². The second kappa shape index (κ2) is 11.1. The van der Waals surface area contributed by atoms with Crippen LogP contribution in [0.3, 0.4) is 0 Å². The third-order valence-corrected chi connectivity index (χ3v) is 5.10. The fourth-order valence-electron chi connectivity index (χ4n) is 3.31. The first-order valence-electron chi connectivity index (χ1n) is 10.5. The number of halogens is 6. The number of nitrogens with zero attached hydrogens (tertiary/aromatic N) is 5. The molecule has 1 aliphatic heterocycles. The number of amides is 1. The van der Waals surface area contributed by atoms with Gasteiger partial charge in [0.1, 0.15) is 5.56 Å². The van der Waals surface area contributed by atoms with Gasteiger partial charge in [0.2, 0.25) is 5.95 Å². The normalized spacial score (nSPS) is 15.6. The lowest BCUT2D eigenvalue weighted by Crippen LogP contribution is -2.52. The summed E-state index contributed by atoms with van der Waals surface area (Å²) in [5.41, 5.74) is -4.36. The van der Waals surface area contributed by atoms with Crippen LogP contribution >= 0.6 is 0 Å². The van der Waals surface area contributed by atoms with Gasteiger partial charge in [-0.2, -0.15) is 31.4 Å². The van der Waals surface area contributed by atoms with Crippen molar-refractivity contribution in [2.24, 2.45) is 0 Å². The van der Waals surface area contributed by atoms with E-state index in [2.05, 4.69) is 20.4 Å². The highest BCUT2D eigenvalue weighted by molar-refractivity contribution is 5.81. The Morgan fingerprint density at radius 1 is 1.08 bits per heavy atom. The number of nitrogens with one attached hydrogen (secondary N) is 2. The van der Waals surface area contributed by atoms with Crippen LogP contribution in [0.4, 0.5) is 38.0 Å². The second-order valence-electron chi connectivity index (χ2n) is 7.58. The molecule has 3 rings (SSSR count). The van der Waals surface area contributed by atoms with Gasteiger partial charge in [-0.05, 0) is 0 Å². The highest BCUT2D eigenvalue weighted by Gasteiger charge is 2.37. The van der Waals surface area contributed by atoms with E-state index in [4.69, 9.17) is 4.74 Å². The Kier molecular flexibility index (Phi) is 8.34. The van der Waals surface area contributed by atoms with Gasteiger partial charge in [-0.3, -0.25) is 9.59 Å². The zero-order valence-electron chi connectivity index (χ0n) is 18.4. The third kappa shape index (κ3) is 6.81. The topological polar surface area (TPSA) is 137 Å². The quantitative estimate of drug-likeness (QED) is 0.337. The van der Waals surface area contributed by atoms with Crippen molar-refractivity contribution < 1.29 is 41.0 Å². The number of H-pyrrole nitrogens is 1. The van der Waals surface area contributed by atoms with Crippen LogP contribution < -0.4 is 15.8 Å². The van der Waals surface area contributed by atoms with Crippen LogP contribution in [0.15, 0.2) is 23.4 Å². The average Bonchev–Trinajstić information content (AvgIpc) is 2.82. The lowest BCUT2D eigenvalue weighted by atomic mass is 10.2. The predicted octanol–water partition coefficient (Wildman–Crippen LogP) is 0.736. The van der Waals surface area contributed by atoms with Crippen molar-refractivity contribution in [3.05, 3.63) is 40.1 Å². The number of ether oxygens (including phenoxy) is 1. The number of aliphatic hydroxyl groups excluding tert-OH is 1. The number of alkyl halides is 6. The molecule has 0 spiro atoms. The molecule has 1 saturated heterocycles. The monoisotopic (exact) mass is 525 g/mol. The van der Waals surface area contributed by atoms with Crippen LogP contribution in [0, 0.1) is 0 Å². The summed E-state index contributed by atoms with van der Waals surface area (Å²) in [6.45, 7) is -0.0349. The van der Waals surface area contributed by atoms with Gasteiger partial charge >= 0.3 is 12.4 Å². The summed E-state index contributed by atoms with van der Waals surface area (Å²) in [5, 5.41) is 17.5. The first-order valence-corrected chi connectivity index (χ1v) is 10.5. The molecule has 2 aromatic heterocycles. The standard InChI is InChI=1S/C19H21F6N7O4/c20-18(21,22)11-7-27-17(28-8-11)32-4-2-31(3-5-32)16(35)13(33)10-36-6-1-26-12-9-29-30-15(34)14(12)19(23,24)25/h7-9,13,33H,1-6,10H2,(H2,26,30,34). The first-order chi connectivity index (χ1) is 16.9. The van der Waals surface area contributed by atoms with Gasteiger partial charge in [0.15, 0.2) is 6.10 Å². The minimum atomic E-state index is -4.90. The summed E-state index contributed by atoms with van der Waals surface area (Å²) in [6, 6.07) is 0. The van der Waals surface area contributed by atoms with E-state index in [0.29, 0.717) is 12.4 Å². The van der Waals surface area contributed by atoms with Crippen LogP contribution in [0.25, 0.3) is 0 Å². The maximum atomic E-state index is 13.0. The summed E-state index contributed by atoms with van der Waals surface area (Å²) >= 11 is 0. The van der Waals surface area contributed by atoms with Gasteiger partial charge in [0.25, 0.3) is 11.5 Å². The minimum absolute atomic E-state index is 0.0794. The molecule has 1 amide bonds. The van der Waals surface area contributed by atoms with E-state index in [1.807, 2.05) is 0 Å². The fourth-order valence-corrected chi connectivity index (χ4v) is 3.31. The van der Waals surface area contributed by atoms with E-state index in [1.165, 1.54) is 4.90 Å². The molecule has 1 unspecified atom stereocenters. The molecule has 198 valence electrons. The van der Waals surface area contributed by atoms with Gasteiger partial charge in [-0.15, -0.1) is 0 Å². The number of anilines is 2. The van der Waals surface area contributed by atoms with E-state index >= 15 is 0 Å². The van der Waals surface area contributed by atoms with Crippen LogP contribution in [-0.2, 0) is 21.9 Å². The van der Waals surface area contributed by atoms with E-state index in [-0.39, 0.29) is 45.3 Å². The molecule has 1 fully saturated rings. The average molecular weight is 525 g/mol. The number of aromatic nitrogens is 4. The molecule has 0 aliphatic carbocycles. The largest absolute Gasteiger partial charge is 0.423 e.